The van der Waals surface area contributed by atoms with Crippen LogP contribution in [0.5, 0.6) is 5.75 Å². The highest BCUT2D eigenvalue weighted by Crippen LogP contribution is 2.25. The van der Waals surface area contributed by atoms with E-state index in [-0.39, 0.29) is 6.04 Å². The smallest absolute Gasteiger partial charge is 0.123 e. The summed E-state index contributed by atoms with van der Waals surface area (Å²) in [5.41, 5.74) is 8.28. The second-order valence-electron chi connectivity index (χ2n) is 4.54. The van der Waals surface area contributed by atoms with E-state index < -0.39 is 0 Å². The van der Waals surface area contributed by atoms with Crippen molar-refractivity contribution in [3.05, 3.63) is 29.3 Å². The molecule has 0 heterocycles. The molecule has 4 nitrogen and oxygen atoms in total. The zero-order valence-electron chi connectivity index (χ0n) is 12.1. The second-order valence-corrected chi connectivity index (χ2v) is 4.54. The topological polar surface area (TPSA) is 53.7 Å². The molecule has 2 N–H and O–H groups in total. The molecule has 1 aromatic rings. The fourth-order valence-electron chi connectivity index (χ4n) is 1.81. The molecule has 1 atom stereocenters. The second kappa shape index (κ2) is 8.91. The number of ether oxygens (including phenoxy) is 3. The number of hydrogen-bond donors (Lipinski definition) is 1. The van der Waals surface area contributed by atoms with Crippen molar-refractivity contribution in [2.75, 3.05) is 33.5 Å². The Morgan fingerprint density at radius 2 is 1.89 bits per heavy atom. The molecule has 4 heteroatoms. The third-order valence-electron chi connectivity index (χ3n) is 2.80. The van der Waals surface area contributed by atoms with Gasteiger partial charge in [-0.15, -0.1) is 0 Å². The first-order chi connectivity index (χ1) is 9.19. The van der Waals surface area contributed by atoms with Crippen LogP contribution in [0.15, 0.2) is 18.2 Å². The molecule has 0 bridgehead atoms. The largest absolute Gasteiger partial charge is 0.496 e. The molecule has 0 spiro atoms. The van der Waals surface area contributed by atoms with Crippen LogP contribution in [0.25, 0.3) is 0 Å². The van der Waals surface area contributed by atoms with E-state index in [4.69, 9.17) is 19.9 Å². The van der Waals surface area contributed by atoms with Crippen molar-refractivity contribution in [3.63, 3.8) is 0 Å². The number of hydrogen-bond acceptors (Lipinski definition) is 4. The molecule has 0 saturated carbocycles. The molecule has 0 fully saturated rings. The summed E-state index contributed by atoms with van der Waals surface area (Å²) in [6, 6.07) is 5.81. The summed E-state index contributed by atoms with van der Waals surface area (Å²) in [6.07, 6.45) is 1.03. The van der Waals surface area contributed by atoms with Crippen LogP contribution in [0.2, 0.25) is 0 Å². The fraction of sp³-hybridized carbons (Fsp3) is 0.600. The van der Waals surface area contributed by atoms with Gasteiger partial charge in [-0.3, -0.25) is 0 Å². The lowest BCUT2D eigenvalue weighted by Gasteiger charge is -2.16. The van der Waals surface area contributed by atoms with Crippen molar-refractivity contribution in [1.82, 2.24) is 0 Å². The zero-order valence-corrected chi connectivity index (χ0v) is 12.1. The Bertz CT molecular complexity index is 368. The number of aryl methyl sites for hydroxylation is 1. The normalized spacial score (nSPS) is 12.4. The third kappa shape index (κ3) is 5.59. The van der Waals surface area contributed by atoms with Gasteiger partial charge in [-0.1, -0.05) is 24.6 Å². The Labute approximate surface area is 115 Å². The first-order valence-electron chi connectivity index (χ1n) is 6.74. The molecule has 0 radical (unpaired) electrons. The van der Waals surface area contributed by atoms with Gasteiger partial charge in [0.1, 0.15) is 5.75 Å². The molecular formula is C15H25NO3. The van der Waals surface area contributed by atoms with Gasteiger partial charge in [0.05, 0.1) is 33.0 Å². The maximum absolute atomic E-state index is 6.14. The summed E-state index contributed by atoms with van der Waals surface area (Å²) >= 11 is 0. The van der Waals surface area contributed by atoms with Crippen LogP contribution in [0.3, 0.4) is 0 Å². The minimum absolute atomic E-state index is 0.180. The maximum atomic E-state index is 6.14. The minimum Gasteiger partial charge on any atom is -0.496 e. The van der Waals surface area contributed by atoms with Gasteiger partial charge >= 0.3 is 0 Å². The van der Waals surface area contributed by atoms with E-state index in [2.05, 4.69) is 6.92 Å². The highest BCUT2D eigenvalue weighted by molar-refractivity contribution is 5.39. The van der Waals surface area contributed by atoms with Crippen LogP contribution in [0.1, 0.15) is 30.5 Å². The van der Waals surface area contributed by atoms with E-state index in [0.717, 1.165) is 29.9 Å². The van der Waals surface area contributed by atoms with Gasteiger partial charge in [0.2, 0.25) is 0 Å². The van der Waals surface area contributed by atoms with Gasteiger partial charge in [0.25, 0.3) is 0 Å². The highest BCUT2D eigenvalue weighted by Gasteiger charge is 2.12. The lowest BCUT2D eigenvalue weighted by atomic mass is 10.0. The summed E-state index contributed by atoms with van der Waals surface area (Å²) in [5.74, 6) is 0.809. The Morgan fingerprint density at radius 1 is 1.16 bits per heavy atom. The molecule has 0 amide bonds. The van der Waals surface area contributed by atoms with E-state index >= 15 is 0 Å². The number of benzene rings is 1. The number of nitrogens with two attached hydrogens (primary N) is 1. The molecule has 1 rings (SSSR count). The molecule has 0 aliphatic rings. The standard InChI is InChI=1S/C15H25NO3/c1-4-7-18-8-9-19-11-14(16)13-10-12(2)5-6-15(13)17-3/h5-6,10,14H,4,7-9,11,16H2,1-3H3. The van der Waals surface area contributed by atoms with Crippen LogP contribution in [0, 0.1) is 6.92 Å². The molecule has 1 unspecified atom stereocenters. The van der Waals surface area contributed by atoms with E-state index in [1.807, 2.05) is 25.1 Å². The van der Waals surface area contributed by atoms with Crippen LogP contribution in [-0.2, 0) is 9.47 Å². The molecule has 0 saturated heterocycles. The van der Waals surface area contributed by atoms with Crippen molar-refractivity contribution in [2.24, 2.45) is 5.73 Å². The monoisotopic (exact) mass is 267 g/mol. The van der Waals surface area contributed by atoms with Crippen LogP contribution < -0.4 is 10.5 Å². The highest BCUT2D eigenvalue weighted by atomic mass is 16.5. The SMILES string of the molecule is CCCOCCOCC(N)c1cc(C)ccc1OC. The molecule has 0 aromatic heterocycles. The Balaban J connectivity index is 2.40. The minimum atomic E-state index is -0.180. The molecule has 19 heavy (non-hydrogen) atoms. The Hall–Kier alpha value is -1.10. The lowest BCUT2D eigenvalue weighted by molar-refractivity contribution is 0.0426. The number of rotatable bonds is 9. The summed E-state index contributed by atoms with van der Waals surface area (Å²) < 4.78 is 16.2. The van der Waals surface area contributed by atoms with Crippen LogP contribution in [0.4, 0.5) is 0 Å². The van der Waals surface area contributed by atoms with Crippen LogP contribution in [-0.4, -0.2) is 33.5 Å². The molecule has 1 aromatic carbocycles. The van der Waals surface area contributed by atoms with Gasteiger partial charge in [-0.2, -0.15) is 0 Å². The first kappa shape index (κ1) is 16.0. The van der Waals surface area contributed by atoms with Crippen molar-refractivity contribution >= 4 is 0 Å². The van der Waals surface area contributed by atoms with Gasteiger partial charge in [-0.25, -0.2) is 0 Å². The summed E-state index contributed by atoms with van der Waals surface area (Å²) in [7, 11) is 1.65. The molecule has 108 valence electrons. The average Bonchev–Trinajstić information content (AvgIpc) is 2.42. The van der Waals surface area contributed by atoms with E-state index in [1.165, 1.54) is 0 Å². The van der Waals surface area contributed by atoms with Gasteiger partial charge in [0.15, 0.2) is 0 Å². The predicted octanol–water partition coefficient (Wildman–Crippen LogP) is 2.45. The summed E-state index contributed by atoms with van der Waals surface area (Å²) in [4.78, 5) is 0. The average molecular weight is 267 g/mol. The van der Waals surface area contributed by atoms with Crippen molar-refractivity contribution in [2.45, 2.75) is 26.3 Å². The van der Waals surface area contributed by atoms with Gasteiger partial charge < -0.3 is 19.9 Å². The maximum Gasteiger partial charge on any atom is 0.123 e. The molecular weight excluding hydrogens is 242 g/mol. The van der Waals surface area contributed by atoms with Crippen molar-refractivity contribution in [3.8, 4) is 5.75 Å². The third-order valence-corrected chi connectivity index (χ3v) is 2.80. The number of methoxy groups -OCH3 is 1. The van der Waals surface area contributed by atoms with Gasteiger partial charge in [-0.05, 0) is 19.4 Å². The summed E-state index contributed by atoms with van der Waals surface area (Å²) in [6.45, 7) is 6.56. The van der Waals surface area contributed by atoms with E-state index in [0.29, 0.717) is 19.8 Å². The fourth-order valence-corrected chi connectivity index (χ4v) is 1.81. The van der Waals surface area contributed by atoms with Crippen molar-refractivity contribution < 1.29 is 14.2 Å². The van der Waals surface area contributed by atoms with E-state index in [1.54, 1.807) is 7.11 Å². The first-order valence-corrected chi connectivity index (χ1v) is 6.74. The lowest BCUT2D eigenvalue weighted by Crippen LogP contribution is -2.19. The predicted molar refractivity (Wildman–Crippen MR) is 76.6 cm³/mol. The molecule has 0 aliphatic carbocycles. The van der Waals surface area contributed by atoms with Crippen LogP contribution >= 0.6 is 0 Å². The van der Waals surface area contributed by atoms with Gasteiger partial charge in [0, 0.05) is 12.2 Å². The quantitative estimate of drug-likeness (QED) is 0.698. The zero-order chi connectivity index (χ0) is 14.1. The molecule has 0 aliphatic heterocycles. The Morgan fingerprint density at radius 3 is 2.58 bits per heavy atom. The summed E-state index contributed by atoms with van der Waals surface area (Å²) in [5, 5.41) is 0. The van der Waals surface area contributed by atoms with E-state index in [9.17, 15) is 0 Å². The van der Waals surface area contributed by atoms with Crippen molar-refractivity contribution in [1.29, 1.82) is 0 Å². The Kier molecular flexibility index (Phi) is 7.48.